The van der Waals surface area contributed by atoms with E-state index in [-0.39, 0.29) is 12.5 Å². The second-order valence-electron chi connectivity index (χ2n) is 22.2. The van der Waals surface area contributed by atoms with Crippen molar-refractivity contribution in [1.29, 1.82) is 0 Å². The zero-order valence-corrected chi connectivity index (χ0v) is 48.3. The summed E-state index contributed by atoms with van der Waals surface area (Å²) in [7, 11) is 0. The predicted molar refractivity (Wildman–Crippen MR) is 318 cm³/mol. The molecule has 2 atom stereocenters. The van der Waals surface area contributed by atoms with E-state index in [1.807, 2.05) is 0 Å². The molecule has 0 aromatic heterocycles. The van der Waals surface area contributed by atoms with Crippen molar-refractivity contribution in [2.45, 2.75) is 366 Å². The number of hydrogen-bond donors (Lipinski definition) is 3. The minimum Gasteiger partial charge on any atom is -0.394 e. The molecule has 0 saturated heterocycles. The topological polar surface area (TPSA) is 69.6 Å². The lowest BCUT2D eigenvalue weighted by molar-refractivity contribution is -0.123. The largest absolute Gasteiger partial charge is 0.394 e. The maximum Gasteiger partial charge on any atom is 0.220 e. The molecule has 0 fully saturated rings. The van der Waals surface area contributed by atoms with Crippen molar-refractivity contribution in [3.05, 3.63) is 48.6 Å². The first-order valence-corrected chi connectivity index (χ1v) is 32.3. The van der Waals surface area contributed by atoms with E-state index < -0.39 is 12.1 Å². The number of amides is 1. The molecule has 0 aliphatic rings. The van der Waals surface area contributed by atoms with Crippen molar-refractivity contribution < 1.29 is 15.0 Å². The Hall–Kier alpha value is -1.65. The van der Waals surface area contributed by atoms with Crippen LogP contribution in [0, 0.1) is 0 Å². The van der Waals surface area contributed by atoms with Crippen LogP contribution in [0.25, 0.3) is 0 Å². The molecular formula is C67H127NO3. The molecule has 4 nitrogen and oxygen atoms in total. The molecule has 0 aliphatic heterocycles. The minimum atomic E-state index is -0.661. The van der Waals surface area contributed by atoms with E-state index in [1.165, 1.54) is 276 Å². The van der Waals surface area contributed by atoms with Crippen LogP contribution in [0.15, 0.2) is 48.6 Å². The Morgan fingerprint density at radius 2 is 0.620 bits per heavy atom. The molecule has 0 saturated carbocycles. The monoisotopic (exact) mass is 994 g/mol. The highest BCUT2D eigenvalue weighted by molar-refractivity contribution is 5.76. The Morgan fingerprint density at radius 3 is 0.930 bits per heavy atom. The lowest BCUT2D eigenvalue weighted by atomic mass is 10.0. The van der Waals surface area contributed by atoms with Gasteiger partial charge in [-0.15, -0.1) is 0 Å². The predicted octanol–water partition coefficient (Wildman–Crippen LogP) is 21.8. The number of rotatable bonds is 60. The van der Waals surface area contributed by atoms with Gasteiger partial charge in [0.15, 0.2) is 0 Å². The highest BCUT2D eigenvalue weighted by Crippen LogP contribution is 2.19. The summed E-state index contributed by atoms with van der Waals surface area (Å²) in [6.45, 7) is 4.29. The van der Waals surface area contributed by atoms with Crippen molar-refractivity contribution in [1.82, 2.24) is 5.32 Å². The standard InChI is InChI=1S/C67H127NO3/c1-3-5-7-9-11-13-15-17-19-21-23-25-27-29-31-33-34-35-37-39-41-43-45-47-49-51-53-55-57-59-61-63-67(71)68-65(64-69)66(70)62-60-58-56-54-52-50-48-46-44-42-40-38-36-32-30-28-26-24-22-20-18-16-14-12-10-8-6-4-2/h5,7,11,13,17,19,23,25,65-66,69-70H,3-4,6,8-10,12,14-16,18,20-22,24,26-64H2,1-2H3,(H,68,71)/b7-5-,13-11-,19-17-,25-23-. The van der Waals surface area contributed by atoms with Crippen molar-refractivity contribution in [3.8, 4) is 0 Å². The van der Waals surface area contributed by atoms with Crippen LogP contribution >= 0.6 is 0 Å². The molecule has 0 aromatic carbocycles. The lowest BCUT2D eigenvalue weighted by Gasteiger charge is -2.22. The number of nitrogens with one attached hydrogen (secondary N) is 1. The van der Waals surface area contributed by atoms with Gasteiger partial charge >= 0.3 is 0 Å². The SMILES string of the molecule is CC/C=C\C/C=C\C/C=C\C/C=C\CCCCCCCCCCCCCCCCCCCCC(=O)NC(CO)C(O)CCCCCCCCCCCCCCCCCCCCCCCCCCCCCC. The summed E-state index contributed by atoms with van der Waals surface area (Å²) >= 11 is 0. The van der Waals surface area contributed by atoms with Crippen molar-refractivity contribution in [3.63, 3.8) is 0 Å². The highest BCUT2D eigenvalue weighted by Gasteiger charge is 2.20. The molecule has 1 amide bonds. The maximum atomic E-state index is 12.5. The zero-order valence-electron chi connectivity index (χ0n) is 48.3. The Labute approximate surface area is 445 Å². The third kappa shape index (κ3) is 59.1. The van der Waals surface area contributed by atoms with E-state index in [9.17, 15) is 15.0 Å². The molecule has 0 radical (unpaired) electrons. The molecule has 71 heavy (non-hydrogen) atoms. The average molecular weight is 995 g/mol. The summed E-state index contributed by atoms with van der Waals surface area (Å²) in [5.41, 5.74) is 0. The Bertz CT molecular complexity index is 1130. The quantitative estimate of drug-likeness (QED) is 0.0420. The maximum absolute atomic E-state index is 12.5. The van der Waals surface area contributed by atoms with Gasteiger partial charge in [0, 0.05) is 6.42 Å². The molecule has 0 bridgehead atoms. The summed E-state index contributed by atoms with van der Waals surface area (Å²) in [6, 6.07) is -0.538. The van der Waals surface area contributed by atoms with Crippen molar-refractivity contribution in [2.75, 3.05) is 6.61 Å². The number of aliphatic hydroxyl groups excluding tert-OH is 2. The Kier molecular flexibility index (Phi) is 61.2. The first kappa shape index (κ1) is 69.3. The van der Waals surface area contributed by atoms with E-state index in [0.29, 0.717) is 12.8 Å². The van der Waals surface area contributed by atoms with Crippen molar-refractivity contribution in [2.24, 2.45) is 0 Å². The normalized spacial score (nSPS) is 13.0. The van der Waals surface area contributed by atoms with Crippen LogP contribution in [0.4, 0.5) is 0 Å². The first-order chi connectivity index (χ1) is 35.2. The van der Waals surface area contributed by atoms with Gasteiger partial charge in [-0.1, -0.05) is 345 Å². The molecule has 418 valence electrons. The van der Waals surface area contributed by atoms with Crippen LogP contribution in [-0.2, 0) is 4.79 Å². The lowest BCUT2D eigenvalue weighted by Crippen LogP contribution is -2.45. The Morgan fingerprint density at radius 1 is 0.352 bits per heavy atom. The van der Waals surface area contributed by atoms with Gasteiger partial charge in [-0.2, -0.15) is 0 Å². The van der Waals surface area contributed by atoms with Crippen LogP contribution in [0.3, 0.4) is 0 Å². The molecule has 0 rings (SSSR count). The van der Waals surface area contributed by atoms with Gasteiger partial charge in [0.25, 0.3) is 0 Å². The fourth-order valence-corrected chi connectivity index (χ4v) is 10.2. The van der Waals surface area contributed by atoms with E-state index >= 15 is 0 Å². The fourth-order valence-electron chi connectivity index (χ4n) is 10.2. The smallest absolute Gasteiger partial charge is 0.220 e. The van der Waals surface area contributed by atoms with Gasteiger partial charge in [-0.25, -0.2) is 0 Å². The first-order valence-electron chi connectivity index (χ1n) is 32.3. The van der Waals surface area contributed by atoms with Gasteiger partial charge in [-0.05, 0) is 51.4 Å². The van der Waals surface area contributed by atoms with E-state index in [1.54, 1.807) is 0 Å². The second kappa shape index (κ2) is 62.6. The van der Waals surface area contributed by atoms with Gasteiger partial charge in [0.1, 0.15) is 0 Å². The summed E-state index contributed by atoms with van der Waals surface area (Å²) < 4.78 is 0. The number of carbonyl (C=O) groups is 1. The molecule has 0 heterocycles. The number of unbranched alkanes of at least 4 members (excludes halogenated alkanes) is 45. The van der Waals surface area contributed by atoms with E-state index in [4.69, 9.17) is 0 Å². The van der Waals surface area contributed by atoms with Crippen LogP contribution in [-0.4, -0.2) is 34.9 Å². The molecule has 3 N–H and O–H groups in total. The Balaban J connectivity index is 3.41. The molecule has 0 aliphatic carbocycles. The summed E-state index contributed by atoms with van der Waals surface area (Å²) in [6.07, 6.45) is 87.1. The van der Waals surface area contributed by atoms with Crippen LogP contribution in [0.2, 0.25) is 0 Å². The van der Waals surface area contributed by atoms with Crippen LogP contribution in [0.1, 0.15) is 354 Å². The number of hydrogen-bond acceptors (Lipinski definition) is 3. The third-order valence-electron chi connectivity index (χ3n) is 15.1. The van der Waals surface area contributed by atoms with Crippen LogP contribution < -0.4 is 5.32 Å². The van der Waals surface area contributed by atoms with Gasteiger partial charge in [0.05, 0.1) is 18.8 Å². The molecule has 4 heteroatoms. The third-order valence-corrected chi connectivity index (χ3v) is 15.1. The second-order valence-corrected chi connectivity index (χ2v) is 22.2. The minimum absolute atomic E-state index is 0.0253. The van der Waals surface area contributed by atoms with E-state index in [0.717, 1.165) is 51.4 Å². The van der Waals surface area contributed by atoms with Gasteiger partial charge < -0.3 is 15.5 Å². The summed E-state index contributed by atoms with van der Waals surface area (Å²) in [4.78, 5) is 12.5. The highest BCUT2D eigenvalue weighted by atomic mass is 16.3. The van der Waals surface area contributed by atoms with Gasteiger partial charge in [-0.3, -0.25) is 4.79 Å². The fraction of sp³-hybridized carbons (Fsp3) is 0.866. The van der Waals surface area contributed by atoms with Gasteiger partial charge in [0.2, 0.25) is 5.91 Å². The zero-order chi connectivity index (χ0) is 51.3. The van der Waals surface area contributed by atoms with Crippen molar-refractivity contribution >= 4 is 5.91 Å². The molecule has 0 aromatic rings. The van der Waals surface area contributed by atoms with E-state index in [2.05, 4.69) is 67.8 Å². The van der Waals surface area contributed by atoms with Crippen LogP contribution in [0.5, 0.6) is 0 Å². The number of allylic oxidation sites excluding steroid dienone is 8. The molecular weight excluding hydrogens is 867 g/mol. The molecule has 0 spiro atoms. The summed E-state index contributed by atoms with van der Waals surface area (Å²) in [5, 5.41) is 23.4. The average Bonchev–Trinajstić information content (AvgIpc) is 3.37. The number of carbonyl (C=O) groups excluding carboxylic acids is 1. The number of aliphatic hydroxyl groups is 2. The summed E-state index contributed by atoms with van der Waals surface area (Å²) in [5.74, 6) is -0.0253. The molecule has 2 unspecified atom stereocenters.